The van der Waals surface area contributed by atoms with Crippen LogP contribution in [0.25, 0.3) is 0 Å². The molecule has 9 nitrogen and oxygen atoms in total. The minimum absolute atomic E-state index is 0.00931. The standard InChI is InChI=1S/C23H30FN5O4S/c1-14-12-23(2,3)29(13-14)20-16(11-17(24)22(27-20)33-15-7-4-5-8-15)21(30)28-34(31,32)19-10-6-9-18(25)26-19/h6,9-11,14-15H,4-5,7-8,12-13H2,1-3H3,(H2,25,26)(H,28,30). The third-order valence-electron chi connectivity index (χ3n) is 6.32. The number of pyridine rings is 2. The van der Waals surface area contributed by atoms with Gasteiger partial charge in [-0.1, -0.05) is 13.0 Å². The van der Waals surface area contributed by atoms with Gasteiger partial charge in [0.05, 0.1) is 5.56 Å². The lowest BCUT2D eigenvalue weighted by Crippen LogP contribution is -2.41. The van der Waals surface area contributed by atoms with E-state index in [0.717, 1.165) is 38.2 Å². The first kappa shape index (κ1) is 24.2. The monoisotopic (exact) mass is 491 g/mol. The maximum absolute atomic E-state index is 15.0. The molecule has 11 heteroatoms. The van der Waals surface area contributed by atoms with Crippen molar-refractivity contribution in [3.8, 4) is 5.88 Å². The lowest BCUT2D eigenvalue weighted by molar-refractivity contribution is 0.0980. The average Bonchev–Trinajstić information content (AvgIpc) is 3.35. The minimum atomic E-state index is -4.34. The number of anilines is 2. The van der Waals surface area contributed by atoms with Crippen molar-refractivity contribution < 1.29 is 22.3 Å². The fourth-order valence-corrected chi connectivity index (χ4v) is 5.79. The van der Waals surface area contributed by atoms with Crippen molar-refractivity contribution in [2.75, 3.05) is 17.2 Å². The predicted molar refractivity (Wildman–Crippen MR) is 126 cm³/mol. The highest BCUT2D eigenvalue weighted by molar-refractivity contribution is 7.90. The number of halogens is 1. The third kappa shape index (κ3) is 4.94. The van der Waals surface area contributed by atoms with Gasteiger partial charge in [-0.25, -0.2) is 14.1 Å². The molecule has 1 amide bonds. The first-order valence-corrected chi connectivity index (χ1v) is 12.9. The van der Waals surface area contributed by atoms with Gasteiger partial charge in [-0.05, 0) is 70.1 Å². The zero-order chi connectivity index (χ0) is 24.7. The van der Waals surface area contributed by atoms with E-state index in [-0.39, 0.29) is 34.7 Å². The zero-order valence-corrected chi connectivity index (χ0v) is 20.4. The number of rotatable bonds is 6. The van der Waals surface area contributed by atoms with Crippen LogP contribution in [0.15, 0.2) is 29.3 Å². The van der Waals surface area contributed by atoms with Crippen LogP contribution in [0, 0.1) is 11.7 Å². The average molecular weight is 492 g/mol. The quantitative estimate of drug-likeness (QED) is 0.630. The van der Waals surface area contributed by atoms with Gasteiger partial charge in [0.1, 0.15) is 17.7 Å². The topological polar surface area (TPSA) is 128 Å². The lowest BCUT2D eigenvalue weighted by Gasteiger charge is -2.34. The zero-order valence-electron chi connectivity index (χ0n) is 19.5. The van der Waals surface area contributed by atoms with Crippen molar-refractivity contribution >= 4 is 27.6 Å². The van der Waals surface area contributed by atoms with Crippen LogP contribution in [0.2, 0.25) is 0 Å². The summed E-state index contributed by atoms with van der Waals surface area (Å²) in [6, 6.07) is 5.06. The predicted octanol–water partition coefficient (Wildman–Crippen LogP) is 3.26. The highest BCUT2D eigenvalue weighted by Crippen LogP contribution is 2.39. The maximum Gasteiger partial charge on any atom is 0.281 e. The molecule has 1 saturated heterocycles. The molecule has 4 rings (SSSR count). The molecule has 0 aromatic carbocycles. The van der Waals surface area contributed by atoms with Gasteiger partial charge < -0.3 is 15.4 Å². The van der Waals surface area contributed by atoms with Gasteiger partial charge in [-0.3, -0.25) is 4.79 Å². The van der Waals surface area contributed by atoms with E-state index in [2.05, 4.69) is 16.9 Å². The Hall–Kier alpha value is -2.95. The molecule has 2 aromatic rings. The summed E-state index contributed by atoms with van der Waals surface area (Å²) in [7, 11) is -4.34. The summed E-state index contributed by atoms with van der Waals surface area (Å²) in [5, 5.41) is -0.410. The second-order valence-electron chi connectivity index (χ2n) is 9.74. The van der Waals surface area contributed by atoms with Crippen molar-refractivity contribution in [1.29, 1.82) is 0 Å². The van der Waals surface area contributed by atoms with E-state index in [0.29, 0.717) is 12.5 Å². The van der Waals surface area contributed by atoms with Gasteiger partial charge in [0.25, 0.3) is 21.8 Å². The Labute approximate surface area is 199 Å². The second-order valence-corrected chi connectivity index (χ2v) is 11.4. The summed E-state index contributed by atoms with van der Waals surface area (Å²) in [6.45, 7) is 6.68. The van der Waals surface area contributed by atoms with Crippen LogP contribution in [0.4, 0.5) is 16.0 Å². The molecule has 3 N–H and O–H groups in total. The molecule has 1 atom stereocenters. The normalized spacial score (nSPS) is 20.5. The molecule has 1 unspecified atom stereocenters. The fourth-order valence-electron chi connectivity index (χ4n) is 4.85. The van der Waals surface area contributed by atoms with Crippen molar-refractivity contribution in [3.63, 3.8) is 0 Å². The third-order valence-corrected chi connectivity index (χ3v) is 7.56. The van der Waals surface area contributed by atoms with Gasteiger partial charge in [0, 0.05) is 12.1 Å². The molecule has 1 saturated carbocycles. The van der Waals surface area contributed by atoms with Gasteiger partial charge in [0.2, 0.25) is 0 Å². The summed E-state index contributed by atoms with van der Waals surface area (Å²) in [4.78, 5) is 23.3. The summed E-state index contributed by atoms with van der Waals surface area (Å²) >= 11 is 0. The first-order valence-electron chi connectivity index (χ1n) is 11.4. The molecule has 3 heterocycles. The molecule has 1 aliphatic carbocycles. The Balaban J connectivity index is 1.73. The molecule has 0 radical (unpaired) electrons. The molecule has 2 fully saturated rings. The number of carbonyl (C=O) groups is 1. The Morgan fingerprint density at radius 1 is 1.26 bits per heavy atom. The number of nitrogen functional groups attached to an aromatic ring is 1. The van der Waals surface area contributed by atoms with Gasteiger partial charge in [-0.15, -0.1) is 0 Å². The largest absolute Gasteiger partial charge is 0.472 e. The first-order chi connectivity index (χ1) is 16.0. The van der Waals surface area contributed by atoms with E-state index in [9.17, 15) is 13.2 Å². The molecule has 0 spiro atoms. The number of carbonyl (C=O) groups excluding carboxylic acids is 1. The minimum Gasteiger partial charge on any atom is -0.472 e. The van der Waals surface area contributed by atoms with Crippen LogP contribution in [-0.4, -0.2) is 42.5 Å². The van der Waals surface area contributed by atoms with Crippen LogP contribution in [0.3, 0.4) is 0 Å². The Morgan fingerprint density at radius 2 is 1.97 bits per heavy atom. The number of amides is 1. The molecule has 0 bridgehead atoms. The van der Waals surface area contributed by atoms with E-state index in [1.165, 1.54) is 18.2 Å². The highest BCUT2D eigenvalue weighted by atomic mass is 32.2. The van der Waals surface area contributed by atoms with E-state index >= 15 is 4.39 Å². The lowest BCUT2D eigenvalue weighted by atomic mass is 9.97. The second kappa shape index (κ2) is 9.01. The SMILES string of the molecule is CC1CN(c2nc(OC3CCCC3)c(F)cc2C(=O)NS(=O)(=O)c2cccc(N)n2)C(C)(C)C1. The number of hydrogen-bond donors (Lipinski definition) is 2. The number of aromatic nitrogens is 2. The summed E-state index contributed by atoms with van der Waals surface area (Å²) in [5.74, 6) is -1.51. The molecular weight excluding hydrogens is 461 g/mol. The molecule has 2 aliphatic rings. The molecule has 184 valence electrons. The highest BCUT2D eigenvalue weighted by Gasteiger charge is 2.40. The molecule has 1 aliphatic heterocycles. The van der Waals surface area contributed by atoms with Crippen molar-refractivity contribution in [1.82, 2.24) is 14.7 Å². The molecule has 34 heavy (non-hydrogen) atoms. The maximum atomic E-state index is 15.0. The summed E-state index contributed by atoms with van der Waals surface area (Å²) in [6.07, 6.45) is 4.35. The summed E-state index contributed by atoms with van der Waals surface area (Å²) < 4.78 is 48.4. The van der Waals surface area contributed by atoms with Gasteiger partial charge in [0.15, 0.2) is 10.8 Å². The van der Waals surface area contributed by atoms with Crippen LogP contribution < -0.4 is 20.1 Å². The number of nitrogens with one attached hydrogen (secondary N) is 1. The van der Waals surface area contributed by atoms with Crippen LogP contribution in [-0.2, 0) is 10.0 Å². The molecule has 2 aromatic heterocycles. The van der Waals surface area contributed by atoms with Crippen molar-refractivity contribution in [2.45, 2.75) is 69.5 Å². The fraction of sp³-hybridized carbons (Fsp3) is 0.522. The van der Waals surface area contributed by atoms with Crippen molar-refractivity contribution in [2.24, 2.45) is 5.92 Å². The molecular formula is C23H30FN5O4S. The number of nitrogens with zero attached hydrogens (tertiary/aromatic N) is 3. The van der Waals surface area contributed by atoms with E-state index in [1.807, 2.05) is 23.5 Å². The van der Waals surface area contributed by atoms with E-state index < -0.39 is 26.8 Å². The van der Waals surface area contributed by atoms with E-state index in [4.69, 9.17) is 10.5 Å². The Kier molecular flexibility index (Phi) is 6.41. The number of hydrogen-bond acceptors (Lipinski definition) is 8. The number of sulfonamides is 1. The van der Waals surface area contributed by atoms with Gasteiger partial charge >= 0.3 is 0 Å². The smallest absolute Gasteiger partial charge is 0.281 e. The van der Waals surface area contributed by atoms with Gasteiger partial charge in [-0.2, -0.15) is 13.4 Å². The van der Waals surface area contributed by atoms with Crippen LogP contribution >= 0.6 is 0 Å². The number of ether oxygens (including phenoxy) is 1. The number of nitrogens with two attached hydrogens (primary N) is 1. The van der Waals surface area contributed by atoms with Crippen molar-refractivity contribution in [3.05, 3.63) is 35.6 Å². The Morgan fingerprint density at radius 3 is 2.59 bits per heavy atom. The Bertz CT molecular complexity index is 1200. The van der Waals surface area contributed by atoms with Crippen LogP contribution in [0.1, 0.15) is 63.2 Å². The summed E-state index contributed by atoms with van der Waals surface area (Å²) in [5.41, 5.74) is 5.02. The van der Waals surface area contributed by atoms with E-state index in [1.54, 1.807) is 0 Å². The van der Waals surface area contributed by atoms with Crippen LogP contribution in [0.5, 0.6) is 5.88 Å².